The Labute approximate surface area is 159 Å². The van der Waals surface area contributed by atoms with Gasteiger partial charge in [-0.1, -0.05) is 34.1 Å². The van der Waals surface area contributed by atoms with Crippen LogP contribution >= 0.6 is 22.6 Å². The van der Waals surface area contributed by atoms with Crippen LogP contribution in [-0.2, 0) is 32.7 Å². The third-order valence-electron chi connectivity index (χ3n) is 2.85. The van der Waals surface area contributed by atoms with Crippen molar-refractivity contribution in [3.63, 3.8) is 0 Å². The van der Waals surface area contributed by atoms with Gasteiger partial charge in [0.1, 0.15) is 12.4 Å². The minimum absolute atomic E-state index is 0. The number of ether oxygens (including phenoxy) is 1. The maximum absolute atomic E-state index is 5.47. The summed E-state index contributed by atoms with van der Waals surface area (Å²) in [6.45, 7) is 8.21. The largest absolute Gasteiger partial charge is 0.490 e. The van der Waals surface area contributed by atoms with E-state index < -0.39 is 0 Å². The van der Waals surface area contributed by atoms with E-state index in [-0.39, 0.29) is 32.7 Å². The van der Waals surface area contributed by atoms with E-state index in [2.05, 4.69) is 41.8 Å². The van der Waals surface area contributed by atoms with E-state index in [1.165, 1.54) is 0 Å². The third-order valence-corrected chi connectivity index (χ3v) is 3.78. The Morgan fingerprint density at radius 3 is 2.60 bits per heavy atom. The van der Waals surface area contributed by atoms with Crippen LogP contribution in [0.4, 0.5) is 0 Å². The van der Waals surface area contributed by atoms with E-state index in [0.717, 1.165) is 26.3 Å². The molecule has 0 spiro atoms. The number of nitrogens with zero attached hydrogens (tertiary/aromatic N) is 1. The third kappa shape index (κ3) is 4.06. The molecule has 1 aliphatic rings. The van der Waals surface area contributed by atoms with Gasteiger partial charge in [-0.05, 0) is 17.8 Å². The summed E-state index contributed by atoms with van der Waals surface area (Å²) < 4.78 is 6.58. The molecular formula is C16H15INOY-. The van der Waals surface area contributed by atoms with Crippen LogP contribution in [0.15, 0.2) is 58.9 Å². The van der Waals surface area contributed by atoms with Crippen molar-refractivity contribution in [3.05, 3.63) is 70.5 Å². The predicted octanol–water partition coefficient (Wildman–Crippen LogP) is 4.17. The Hall–Kier alpha value is -0.386. The molecule has 4 heteroatoms. The van der Waals surface area contributed by atoms with E-state index in [1.807, 2.05) is 42.3 Å². The van der Waals surface area contributed by atoms with Crippen LogP contribution in [-0.4, -0.2) is 18.6 Å². The molecule has 0 atom stereocenters. The maximum Gasteiger partial charge on any atom is 0.117 e. The number of halogens is 1. The van der Waals surface area contributed by atoms with E-state index >= 15 is 0 Å². The summed E-state index contributed by atoms with van der Waals surface area (Å²) in [5.74, 6) is 0.840. The fraction of sp³-hybridized carbons (Fsp3) is 0.125. The molecule has 0 bridgehead atoms. The van der Waals surface area contributed by atoms with Crippen LogP contribution < -0.4 is 4.74 Å². The Kier molecular flexibility index (Phi) is 7.20. The van der Waals surface area contributed by atoms with Crippen LogP contribution in [0.25, 0.3) is 5.70 Å². The van der Waals surface area contributed by atoms with E-state index in [0.29, 0.717) is 6.61 Å². The fourth-order valence-corrected chi connectivity index (χ4v) is 2.27. The van der Waals surface area contributed by atoms with Gasteiger partial charge in [0.15, 0.2) is 0 Å². The number of hydrogen-bond acceptors (Lipinski definition) is 2. The molecule has 0 unspecified atom stereocenters. The summed E-state index contributed by atoms with van der Waals surface area (Å²) in [5.41, 5.74) is 3.09. The normalized spacial score (nSPS) is 14.1. The van der Waals surface area contributed by atoms with Crippen LogP contribution in [0.2, 0.25) is 0 Å². The smallest absolute Gasteiger partial charge is 0.117 e. The van der Waals surface area contributed by atoms with Crippen molar-refractivity contribution < 1.29 is 37.4 Å². The number of hydrogen-bond donors (Lipinski definition) is 0. The summed E-state index contributed by atoms with van der Waals surface area (Å²) in [5, 5.41) is 0. The van der Waals surface area contributed by atoms with Crippen LogP contribution in [0, 0.1) is 6.08 Å². The van der Waals surface area contributed by atoms with Gasteiger partial charge in [-0.25, -0.2) is 0 Å². The molecule has 0 aliphatic carbocycles. The zero-order valence-electron chi connectivity index (χ0n) is 11.4. The Balaban J connectivity index is 0.00000200. The molecule has 1 aromatic rings. The molecule has 101 valence electrons. The molecule has 1 radical (unpaired) electrons. The van der Waals surface area contributed by atoms with Gasteiger partial charge in [0.2, 0.25) is 0 Å². The standard InChI is InChI=1S/C16H15INO.Y/c1-4-11-19-14-7-5-13(6-8-14)16-10-9-15(17)12(2)18(16)3;/h4-9H,1-2,11H2,3H3;/q-1;. The minimum atomic E-state index is 0. The molecule has 2 nitrogen and oxygen atoms in total. The van der Waals surface area contributed by atoms with Gasteiger partial charge >= 0.3 is 0 Å². The van der Waals surface area contributed by atoms with Crippen molar-refractivity contribution in [2.45, 2.75) is 0 Å². The molecule has 2 rings (SSSR count). The summed E-state index contributed by atoms with van der Waals surface area (Å²) in [6.07, 6.45) is 6.97. The van der Waals surface area contributed by atoms with Gasteiger partial charge in [-0.15, -0.1) is 34.7 Å². The van der Waals surface area contributed by atoms with Crippen LogP contribution in [0.3, 0.4) is 0 Å². The Morgan fingerprint density at radius 1 is 1.35 bits per heavy atom. The topological polar surface area (TPSA) is 12.5 Å². The van der Waals surface area contributed by atoms with Crippen molar-refractivity contribution in [3.8, 4) is 5.75 Å². The average Bonchev–Trinajstić information content (AvgIpc) is 2.44. The Morgan fingerprint density at radius 2 is 2.00 bits per heavy atom. The van der Waals surface area contributed by atoms with E-state index in [9.17, 15) is 0 Å². The van der Waals surface area contributed by atoms with E-state index in [4.69, 9.17) is 4.74 Å². The molecule has 1 aromatic carbocycles. The Bertz CT molecular complexity index is 560. The number of likely N-dealkylation sites (N-methyl/N-ethyl adjacent to an activating group) is 1. The number of allylic oxidation sites excluding steroid dienone is 3. The minimum Gasteiger partial charge on any atom is -0.490 e. The first-order valence-electron chi connectivity index (χ1n) is 5.89. The van der Waals surface area contributed by atoms with Gasteiger partial charge in [0.25, 0.3) is 0 Å². The molecule has 0 saturated carbocycles. The molecule has 1 aliphatic heterocycles. The zero-order valence-corrected chi connectivity index (χ0v) is 16.4. The SMILES string of the molecule is C=CCOc1ccc(C2=[C-]C=C(I)C(=C)N2C)cc1.[Y]. The van der Waals surface area contributed by atoms with E-state index in [1.54, 1.807) is 6.08 Å². The molecule has 0 fully saturated rings. The average molecular weight is 453 g/mol. The van der Waals surface area contributed by atoms with Crippen molar-refractivity contribution in [1.82, 2.24) is 4.90 Å². The van der Waals surface area contributed by atoms with Crippen molar-refractivity contribution >= 4 is 28.3 Å². The first-order valence-corrected chi connectivity index (χ1v) is 6.97. The fourth-order valence-electron chi connectivity index (χ4n) is 1.75. The first kappa shape index (κ1) is 17.7. The molecule has 0 saturated heterocycles. The first-order chi connectivity index (χ1) is 9.13. The van der Waals surface area contributed by atoms with Crippen LogP contribution in [0.1, 0.15) is 5.56 Å². The van der Waals surface area contributed by atoms with Gasteiger partial charge in [0, 0.05) is 39.8 Å². The number of benzene rings is 1. The second-order valence-electron chi connectivity index (χ2n) is 4.11. The summed E-state index contributed by atoms with van der Waals surface area (Å²) in [6, 6.07) is 7.95. The molecule has 0 amide bonds. The van der Waals surface area contributed by atoms with Crippen molar-refractivity contribution in [1.29, 1.82) is 0 Å². The summed E-state index contributed by atoms with van der Waals surface area (Å²) >= 11 is 2.26. The van der Waals surface area contributed by atoms with Gasteiger partial charge in [-0.2, -0.15) is 12.2 Å². The quantitative estimate of drug-likeness (QED) is 0.386. The molecule has 1 heterocycles. The van der Waals surface area contributed by atoms with Crippen LogP contribution in [0.5, 0.6) is 5.75 Å². The van der Waals surface area contributed by atoms with Gasteiger partial charge in [-0.3, -0.25) is 0 Å². The molecule has 0 N–H and O–H groups in total. The summed E-state index contributed by atoms with van der Waals surface area (Å²) in [7, 11) is 2.00. The monoisotopic (exact) mass is 453 g/mol. The molecule has 0 aromatic heterocycles. The zero-order chi connectivity index (χ0) is 13.8. The van der Waals surface area contributed by atoms with Gasteiger partial charge in [0.05, 0.1) is 0 Å². The maximum atomic E-state index is 5.47. The van der Waals surface area contributed by atoms with Gasteiger partial charge < -0.3 is 9.64 Å². The number of rotatable bonds is 4. The predicted molar refractivity (Wildman–Crippen MR) is 87.8 cm³/mol. The van der Waals surface area contributed by atoms with Crippen molar-refractivity contribution in [2.24, 2.45) is 0 Å². The molecule has 20 heavy (non-hydrogen) atoms. The molecular weight excluding hydrogens is 438 g/mol. The van der Waals surface area contributed by atoms with Crippen molar-refractivity contribution in [2.75, 3.05) is 13.7 Å². The second kappa shape index (κ2) is 8.15. The summed E-state index contributed by atoms with van der Waals surface area (Å²) in [4.78, 5) is 2.04. The second-order valence-corrected chi connectivity index (χ2v) is 5.28.